The molecule has 1 amide bonds. The molecule has 0 spiro atoms. The first-order valence-corrected chi connectivity index (χ1v) is 9.43. The minimum atomic E-state index is -0.317. The van der Waals surface area contributed by atoms with E-state index in [9.17, 15) is 9.18 Å². The maximum atomic E-state index is 13.5. The Morgan fingerprint density at radius 3 is 3.00 bits per heavy atom. The number of amides is 1. The normalized spacial score (nSPS) is 11.4. The van der Waals surface area contributed by atoms with Crippen LogP contribution in [0.15, 0.2) is 48.2 Å². The number of thiazole rings is 1. The lowest BCUT2D eigenvalue weighted by molar-refractivity contribution is 0.0943. The summed E-state index contributed by atoms with van der Waals surface area (Å²) in [5.74, 6) is 0.279. The first-order valence-electron chi connectivity index (χ1n) is 8.55. The molecule has 0 saturated heterocycles. The van der Waals surface area contributed by atoms with E-state index in [1.54, 1.807) is 34.3 Å². The number of nitrogens with one attached hydrogen (secondary N) is 1. The van der Waals surface area contributed by atoms with Gasteiger partial charge in [0, 0.05) is 35.6 Å². The van der Waals surface area contributed by atoms with Gasteiger partial charge in [-0.1, -0.05) is 12.1 Å². The predicted octanol–water partition coefficient (Wildman–Crippen LogP) is 3.91. The van der Waals surface area contributed by atoms with Crippen LogP contribution in [0.3, 0.4) is 0 Å². The number of hydrogen-bond acceptors (Lipinski definition) is 4. The highest BCUT2D eigenvalue weighted by Crippen LogP contribution is 2.24. The van der Waals surface area contributed by atoms with E-state index < -0.39 is 0 Å². The van der Waals surface area contributed by atoms with Gasteiger partial charge in [0.15, 0.2) is 4.96 Å². The van der Waals surface area contributed by atoms with Crippen molar-refractivity contribution < 1.29 is 9.18 Å². The van der Waals surface area contributed by atoms with Crippen LogP contribution >= 0.6 is 11.3 Å². The first-order chi connectivity index (χ1) is 13.0. The van der Waals surface area contributed by atoms with E-state index in [-0.39, 0.29) is 17.8 Å². The van der Waals surface area contributed by atoms with Crippen LogP contribution in [-0.4, -0.2) is 24.8 Å². The van der Waals surface area contributed by atoms with E-state index in [1.165, 1.54) is 23.5 Å². The Labute approximate surface area is 159 Å². The molecule has 3 aromatic heterocycles. The molecule has 0 atom stereocenters. The van der Waals surface area contributed by atoms with E-state index >= 15 is 0 Å². The summed E-state index contributed by atoms with van der Waals surface area (Å²) in [5, 5.41) is 4.67. The van der Waals surface area contributed by atoms with Crippen molar-refractivity contribution in [2.75, 3.05) is 0 Å². The van der Waals surface area contributed by atoms with Crippen molar-refractivity contribution in [1.29, 1.82) is 0 Å². The third-order valence-electron chi connectivity index (χ3n) is 4.27. The van der Waals surface area contributed by atoms with Crippen LogP contribution in [0.1, 0.15) is 36.2 Å². The predicted molar refractivity (Wildman–Crippen MR) is 102 cm³/mol. The van der Waals surface area contributed by atoms with Crippen molar-refractivity contribution in [3.63, 3.8) is 0 Å². The van der Waals surface area contributed by atoms with E-state index in [4.69, 9.17) is 0 Å². The summed E-state index contributed by atoms with van der Waals surface area (Å²) in [5.41, 5.74) is 1.80. The zero-order valence-corrected chi connectivity index (χ0v) is 15.7. The monoisotopic (exact) mass is 383 g/mol. The molecule has 138 valence electrons. The fourth-order valence-electron chi connectivity index (χ4n) is 2.94. The van der Waals surface area contributed by atoms with Gasteiger partial charge in [-0.25, -0.2) is 14.4 Å². The molecular formula is C19H18FN5OS. The van der Waals surface area contributed by atoms with Gasteiger partial charge < -0.3 is 9.88 Å². The van der Waals surface area contributed by atoms with Crippen LogP contribution in [0, 0.1) is 5.82 Å². The molecule has 27 heavy (non-hydrogen) atoms. The molecule has 0 radical (unpaired) electrons. The summed E-state index contributed by atoms with van der Waals surface area (Å²) in [6.07, 6.45) is 5.38. The number of imidazole rings is 2. The Hall–Kier alpha value is -3.00. The maximum Gasteiger partial charge on any atom is 0.269 e. The van der Waals surface area contributed by atoms with Gasteiger partial charge >= 0.3 is 0 Å². The number of carbonyl (C=O) groups is 1. The zero-order chi connectivity index (χ0) is 19.0. The van der Waals surface area contributed by atoms with Gasteiger partial charge in [0.2, 0.25) is 0 Å². The lowest BCUT2D eigenvalue weighted by atomic mass is 10.2. The molecule has 0 bridgehead atoms. The van der Waals surface area contributed by atoms with Gasteiger partial charge in [-0.15, -0.1) is 11.3 Å². The molecule has 1 N–H and O–H groups in total. The number of rotatable bonds is 5. The fraction of sp³-hybridized carbons (Fsp3) is 0.211. The number of fused-ring (bicyclic) bond motifs is 1. The Balaban J connectivity index is 1.56. The van der Waals surface area contributed by atoms with Crippen LogP contribution in [0.2, 0.25) is 0 Å². The number of nitrogens with zero attached hydrogens (tertiary/aromatic N) is 4. The molecule has 4 aromatic rings. The molecule has 6 nitrogen and oxygen atoms in total. The van der Waals surface area contributed by atoms with E-state index in [0.29, 0.717) is 28.5 Å². The average Bonchev–Trinajstić information content (AvgIpc) is 3.34. The topological polar surface area (TPSA) is 64.2 Å². The Morgan fingerprint density at radius 1 is 1.37 bits per heavy atom. The summed E-state index contributed by atoms with van der Waals surface area (Å²) in [6.45, 7) is 4.47. The summed E-state index contributed by atoms with van der Waals surface area (Å²) in [4.78, 5) is 22.1. The van der Waals surface area contributed by atoms with Crippen molar-refractivity contribution in [2.45, 2.75) is 26.4 Å². The van der Waals surface area contributed by atoms with Crippen LogP contribution in [0.4, 0.5) is 4.39 Å². The highest BCUT2D eigenvalue weighted by molar-refractivity contribution is 7.15. The molecule has 0 aliphatic carbocycles. The zero-order valence-electron chi connectivity index (χ0n) is 14.9. The van der Waals surface area contributed by atoms with Crippen molar-refractivity contribution in [3.8, 4) is 11.3 Å². The fourth-order valence-corrected chi connectivity index (χ4v) is 3.79. The van der Waals surface area contributed by atoms with Gasteiger partial charge in [0.1, 0.15) is 17.3 Å². The Bertz CT molecular complexity index is 1110. The SMILES string of the molecule is CC(C)n1ccnc1CNC(=O)c1csc2nc(-c3cccc(F)c3)cn12. The number of hydrogen-bond donors (Lipinski definition) is 1. The molecule has 4 rings (SSSR count). The molecule has 0 aliphatic heterocycles. The van der Waals surface area contributed by atoms with Crippen LogP contribution in [0.5, 0.6) is 0 Å². The van der Waals surface area contributed by atoms with Crippen LogP contribution < -0.4 is 5.32 Å². The highest BCUT2D eigenvalue weighted by atomic mass is 32.1. The second kappa shape index (κ2) is 6.96. The standard InChI is InChI=1S/C19H18FN5OS/c1-12(2)24-7-6-21-17(24)9-22-18(26)16-11-27-19-23-15(10-25(16)19)13-4-3-5-14(20)8-13/h3-8,10-12H,9H2,1-2H3,(H,22,26). The Morgan fingerprint density at radius 2 is 2.22 bits per heavy atom. The smallest absolute Gasteiger partial charge is 0.269 e. The second-order valence-electron chi connectivity index (χ2n) is 6.44. The summed E-state index contributed by atoms with van der Waals surface area (Å²) in [7, 11) is 0. The van der Waals surface area contributed by atoms with E-state index in [0.717, 1.165) is 5.82 Å². The third kappa shape index (κ3) is 3.35. The molecule has 0 unspecified atom stereocenters. The van der Waals surface area contributed by atoms with Gasteiger partial charge in [0.05, 0.1) is 12.2 Å². The third-order valence-corrected chi connectivity index (χ3v) is 5.11. The quantitative estimate of drug-likeness (QED) is 0.568. The van der Waals surface area contributed by atoms with Gasteiger partial charge in [-0.05, 0) is 26.0 Å². The summed E-state index contributed by atoms with van der Waals surface area (Å²) in [6, 6.07) is 6.53. The molecule has 3 heterocycles. The summed E-state index contributed by atoms with van der Waals surface area (Å²) >= 11 is 1.37. The number of carbonyl (C=O) groups excluding carboxylic acids is 1. The number of aromatic nitrogens is 4. The van der Waals surface area contributed by atoms with Crippen molar-refractivity contribution in [1.82, 2.24) is 24.3 Å². The minimum Gasteiger partial charge on any atom is -0.343 e. The van der Waals surface area contributed by atoms with Gasteiger partial charge in [-0.2, -0.15) is 0 Å². The van der Waals surface area contributed by atoms with E-state index in [1.807, 2.05) is 10.8 Å². The summed E-state index contributed by atoms with van der Waals surface area (Å²) < 4.78 is 17.2. The molecule has 0 aliphatic rings. The lowest BCUT2D eigenvalue weighted by Gasteiger charge is -2.11. The number of halogens is 1. The second-order valence-corrected chi connectivity index (χ2v) is 7.27. The molecule has 8 heteroatoms. The highest BCUT2D eigenvalue weighted by Gasteiger charge is 2.16. The maximum absolute atomic E-state index is 13.5. The van der Waals surface area contributed by atoms with E-state index in [2.05, 4.69) is 29.1 Å². The average molecular weight is 383 g/mol. The van der Waals surface area contributed by atoms with Gasteiger partial charge in [0.25, 0.3) is 5.91 Å². The van der Waals surface area contributed by atoms with Crippen molar-refractivity contribution >= 4 is 22.2 Å². The van der Waals surface area contributed by atoms with Crippen molar-refractivity contribution in [2.24, 2.45) is 0 Å². The minimum absolute atomic E-state index is 0.206. The molecule has 1 aromatic carbocycles. The molecular weight excluding hydrogens is 365 g/mol. The van der Waals surface area contributed by atoms with Gasteiger partial charge in [-0.3, -0.25) is 9.20 Å². The van der Waals surface area contributed by atoms with Crippen LogP contribution in [-0.2, 0) is 6.54 Å². The van der Waals surface area contributed by atoms with Crippen molar-refractivity contribution in [3.05, 3.63) is 65.6 Å². The first kappa shape index (κ1) is 17.4. The number of benzene rings is 1. The Kier molecular flexibility index (Phi) is 4.49. The van der Waals surface area contributed by atoms with Crippen LogP contribution in [0.25, 0.3) is 16.2 Å². The largest absolute Gasteiger partial charge is 0.343 e. The lowest BCUT2D eigenvalue weighted by Crippen LogP contribution is -2.26. The molecule has 0 fully saturated rings. The molecule has 0 saturated carbocycles.